The second-order valence-electron chi connectivity index (χ2n) is 12.8. The highest BCUT2D eigenvalue weighted by Gasteiger charge is 2.66. The van der Waals surface area contributed by atoms with Crippen LogP contribution in [-0.4, -0.2) is 40.8 Å². The first-order valence-corrected chi connectivity index (χ1v) is 14.6. The number of aliphatic hydroxyl groups is 1. The van der Waals surface area contributed by atoms with Gasteiger partial charge in [-0.25, -0.2) is 4.39 Å². The van der Waals surface area contributed by atoms with Crippen LogP contribution in [0.2, 0.25) is 0 Å². The molecule has 216 valence electrons. The lowest BCUT2D eigenvalue weighted by Gasteiger charge is -2.58. The van der Waals surface area contributed by atoms with Crippen LogP contribution in [0.4, 0.5) is 4.39 Å². The van der Waals surface area contributed by atoms with E-state index in [0.717, 1.165) is 44.1 Å². The minimum Gasteiger partial charge on any atom is -0.458 e. The number of carbonyl (C=O) groups is 4. The topological polar surface area (TPSA) is 110 Å². The predicted octanol–water partition coefficient (Wildman–Crippen LogP) is 4.60. The molecule has 0 unspecified atom stereocenters. The zero-order valence-electron chi connectivity index (χ0n) is 23.5. The summed E-state index contributed by atoms with van der Waals surface area (Å²) < 4.78 is 18.2. The van der Waals surface area contributed by atoms with Crippen LogP contribution in [-0.2, 0) is 30.5 Å². The van der Waals surface area contributed by atoms with Crippen molar-refractivity contribution in [2.75, 3.05) is 6.61 Å². The fourth-order valence-electron chi connectivity index (χ4n) is 8.48. The van der Waals surface area contributed by atoms with E-state index in [1.165, 1.54) is 17.7 Å². The summed E-state index contributed by atoms with van der Waals surface area (Å²) >= 11 is 0. The van der Waals surface area contributed by atoms with Gasteiger partial charge in [-0.3, -0.25) is 19.2 Å². The summed E-state index contributed by atoms with van der Waals surface area (Å²) in [6.45, 7) is 4.05. The number of hydrogen-bond acceptors (Lipinski definition) is 6. The first-order valence-electron chi connectivity index (χ1n) is 14.6. The van der Waals surface area contributed by atoms with Crippen LogP contribution in [0.15, 0.2) is 35.9 Å². The molecule has 40 heavy (non-hydrogen) atoms. The number of benzene rings is 1. The first-order chi connectivity index (χ1) is 19.0. The van der Waals surface area contributed by atoms with Crippen molar-refractivity contribution in [3.63, 3.8) is 0 Å². The second-order valence-corrected chi connectivity index (χ2v) is 12.8. The van der Waals surface area contributed by atoms with Gasteiger partial charge < -0.3 is 15.2 Å². The van der Waals surface area contributed by atoms with Crippen molar-refractivity contribution in [3.8, 4) is 0 Å². The molecule has 0 bridgehead atoms. The Bertz CT molecular complexity index is 1230. The van der Waals surface area contributed by atoms with Gasteiger partial charge in [0.2, 0.25) is 11.7 Å². The molecule has 3 saturated carbocycles. The molecule has 8 heteroatoms. The van der Waals surface area contributed by atoms with Gasteiger partial charge >= 0.3 is 5.97 Å². The highest BCUT2D eigenvalue weighted by atomic mass is 19.1. The summed E-state index contributed by atoms with van der Waals surface area (Å²) in [7, 11) is 0. The quantitative estimate of drug-likeness (QED) is 0.456. The van der Waals surface area contributed by atoms with Gasteiger partial charge in [0.15, 0.2) is 12.4 Å². The fraction of sp³-hybridized carbons (Fsp3) is 0.625. The van der Waals surface area contributed by atoms with E-state index in [0.29, 0.717) is 24.7 Å². The van der Waals surface area contributed by atoms with E-state index in [1.54, 1.807) is 12.1 Å². The van der Waals surface area contributed by atoms with Gasteiger partial charge in [-0.1, -0.05) is 31.6 Å². The molecule has 0 aromatic heterocycles. The summed E-state index contributed by atoms with van der Waals surface area (Å²) in [5.41, 5.74) is -0.0887. The van der Waals surface area contributed by atoms with Crippen LogP contribution in [0.25, 0.3) is 0 Å². The highest BCUT2D eigenvalue weighted by Crippen LogP contribution is 2.67. The van der Waals surface area contributed by atoms with E-state index in [2.05, 4.69) is 12.2 Å². The molecule has 4 aliphatic rings. The van der Waals surface area contributed by atoms with Crippen LogP contribution >= 0.6 is 0 Å². The molecule has 3 fully saturated rings. The van der Waals surface area contributed by atoms with Gasteiger partial charge in [-0.2, -0.15) is 0 Å². The standard InChI is InChI=1S/C32H40FNO6/c1-30-14-11-23(35)17-21(30)5-8-24-25(30)12-15-31(2)26(24)13-16-32(31,39)27(36)19-40-29(38)10-9-28(37)34-18-20-3-6-22(33)7-4-20/h3-4,6-7,17,24-26,39H,5,8-16,18-19H2,1-2H3,(H,34,37)/t24-,25+,26+,30+,31+,32+/m1/s1. The fourth-order valence-corrected chi connectivity index (χ4v) is 8.48. The number of ether oxygens (including phenoxy) is 1. The number of ketones is 2. The molecule has 0 heterocycles. The Morgan fingerprint density at radius 1 is 1.00 bits per heavy atom. The van der Waals surface area contributed by atoms with E-state index in [1.807, 2.05) is 13.0 Å². The van der Waals surface area contributed by atoms with Crippen molar-refractivity contribution in [1.82, 2.24) is 5.32 Å². The van der Waals surface area contributed by atoms with Crippen molar-refractivity contribution < 1.29 is 33.4 Å². The second kappa shape index (κ2) is 10.8. The molecule has 4 aliphatic carbocycles. The van der Waals surface area contributed by atoms with Gasteiger partial charge in [0.05, 0.1) is 6.42 Å². The number of esters is 1. The Balaban J connectivity index is 1.14. The lowest BCUT2D eigenvalue weighted by atomic mass is 9.46. The van der Waals surface area contributed by atoms with Crippen molar-refractivity contribution >= 4 is 23.4 Å². The van der Waals surface area contributed by atoms with Crippen molar-refractivity contribution in [2.45, 2.75) is 90.2 Å². The predicted molar refractivity (Wildman–Crippen MR) is 145 cm³/mol. The monoisotopic (exact) mass is 553 g/mol. The van der Waals surface area contributed by atoms with Crippen molar-refractivity contribution in [2.24, 2.45) is 28.6 Å². The summed E-state index contributed by atoms with van der Waals surface area (Å²) in [4.78, 5) is 49.9. The average Bonchev–Trinajstić information content (AvgIpc) is 3.22. The maximum absolute atomic E-state index is 13.4. The molecule has 1 aromatic rings. The number of halogens is 1. The SMILES string of the molecule is C[C@]12CCC(=O)C=C1CC[C@@H]1[C@@H]2CC[C@@]2(C)[C@H]1CC[C@]2(O)C(=O)COC(=O)CCC(=O)NCc1ccc(F)cc1. The number of carbonyl (C=O) groups excluding carboxylic acids is 4. The van der Waals surface area contributed by atoms with Crippen molar-refractivity contribution in [3.05, 3.63) is 47.3 Å². The third-order valence-corrected chi connectivity index (χ3v) is 10.9. The molecule has 2 N–H and O–H groups in total. The minimum absolute atomic E-state index is 0.0176. The molecule has 0 aliphatic heterocycles. The van der Waals surface area contributed by atoms with Gasteiger partial charge in [0.1, 0.15) is 11.4 Å². The van der Waals surface area contributed by atoms with Crippen LogP contribution in [0.1, 0.15) is 83.6 Å². The Kier molecular flexibility index (Phi) is 7.77. The van der Waals surface area contributed by atoms with E-state index in [9.17, 15) is 28.7 Å². The molecular formula is C32H40FNO6. The summed E-state index contributed by atoms with van der Waals surface area (Å²) in [6.07, 6.45) is 7.70. The third-order valence-electron chi connectivity index (χ3n) is 10.9. The van der Waals surface area contributed by atoms with Gasteiger partial charge in [0, 0.05) is 24.8 Å². The number of hydrogen-bond donors (Lipinski definition) is 2. The molecule has 1 aromatic carbocycles. The van der Waals surface area contributed by atoms with E-state index < -0.39 is 29.4 Å². The first kappa shape index (κ1) is 28.7. The van der Waals surface area contributed by atoms with Crippen LogP contribution in [0.3, 0.4) is 0 Å². The molecule has 5 rings (SSSR count). The highest BCUT2D eigenvalue weighted by molar-refractivity contribution is 5.92. The molecule has 0 spiro atoms. The molecule has 6 atom stereocenters. The smallest absolute Gasteiger partial charge is 0.306 e. The molecule has 0 radical (unpaired) electrons. The van der Waals surface area contributed by atoms with E-state index in [-0.39, 0.29) is 48.2 Å². The number of fused-ring (bicyclic) bond motifs is 5. The zero-order valence-corrected chi connectivity index (χ0v) is 23.5. The van der Waals surface area contributed by atoms with E-state index >= 15 is 0 Å². The minimum atomic E-state index is -1.55. The Labute approximate surface area is 234 Å². The third kappa shape index (κ3) is 5.04. The summed E-state index contributed by atoms with van der Waals surface area (Å²) in [5, 5.41) is 14.5. The largest absolute Gasteiger partial charge is 0.458 e. The molecule has 0 saturated heterocycles. The van der Waals surface area contributed by atoms with Gasteiger partial charge in [-0.15, -0.1) is 0 Å². The Hall–Kier alpha value is -2.87. The Morgan fingerprint density at radius 2 is 1.73 bits per heavy atom. The normalized spacial score (nSPS) is 34.6. The lowest BCUT2D eigenvalue weighted by Crippen LogP contribution is -2.58. The maximum atomic E-state index is 13.4. The lowest BCUT2D eigenvalue weighted by molar-refractivity contribution is -0.170. The molecule has 7 nitrogen and oxygen atoms in total. The number of amides is 1. The van der Waals surface area contributed by atoms with Crippen LogP contribution in [0.5, 0.6) is 0 Å². The summed E-state index contributed by atoms with van der Waals surface area (Å²) in [5.74, 6) is -0.557. The van der Waals surface area contributed by atoms with E-state index in [4.69, 9.17) is 4.74 Å². The number of Topliss-reactive ketones (excluding diaryl/α,β-unsaturated/α-hetero) is 1. The maximum Gasteiger partial charge on any atom is 0.306 e. The molecule has 1 amide bonds. The van der Waals surface area contributed by atoms with Crippen LogP contribution in [0, 0.1) is 34.4 Å². The number of allylic oxidation sites excluding steroid dienone is 1. The zero-order chi connectivity index (χ0) is 28.7. The van der Waals surface area contributed by atoms with Crippen molar-refractivity contribution in [1.29, 1.82) is 0 Å². The van der Waals surface area contributed by atoms with Gasteiger partial charge in [0.25, 0.3) is 0 Å². The number of rotatable bonds is 8. The summed E-state index contributed by atoms with van der Waals surface area (Å²) in [6, 6.07) is 5.76. The van der Waals surface area contributed by atoms with Gasteiger partial charge in [-0.05, 0) is 91.9 Å². The average molecular weight is 554 g/mol. The molecular weight excluding hydrogens is 513 g/mol. The van der Waals surface area contributed by atoms with Crippen LogP contribution < -0.4 is 5.32 Å². The Morgan fingerprint density at radius 3 is 2.48 bits per heavy atom. The number of nitrogens with one attached hydrogen (secondary N) is 1.